The molecular formula is C31H30F6N6O3. The molecule has 0 aliphatic carbocycles. The Morgan fingerprint density at radius 3 is 2.43 bits per heavy atom. The lowest BCUT2D eigenvalue weighted by molar-refractivity contribution is -0.123. The largest absolute Gasteiger partial charge is 0.431 e. The highest BCUT2D eigenvalue weighted by Gasteiger charge is 2.46. The SMILES string of the molecule is NC(=O)c1cc(-c2cccnc2[C@H](Cc2cc(F)cc(F)c2)NC(=O)CN2CC(CN3CCOCC3)C(C(F)(F)F)=N2)ccc1F. The minimum absolute atomic E-state index is 0.0931. The molecule has 3 N–H and O–H groups in total. The Bertz CT molecular complexity index is 1610. The van der Waals surface area contributed by atoms with Gasteiger partial charge in [0, 0.05) is 49.9 Å². The molecule has 2 amide bonds. The first kappa shape index (κ1) is 32.9. The summed E-state index contributed by atoms with van der Waals surface area (Å²) in [6, 6.07) is 8.53. The van der Waals surface area contributed by atoms with E-state index >= 15 is 0 Å². The van der Waals surface area contributed by atoms with Gasteiger partial charge in [-0.3, -0.25) is 24.5 Å². The molecule has 3 heterocycles. The molecule has 46 heavy (non-hydrogen) atoms. The Morgan fingerprint density at radius 1 is 1.04 bits per heavy atom. The van der Waals surface area contributed by atoms with E-state index in [9.17, 15) is 35.9 Å². The van der Waals surface area contributed by atoms with Gasteiger partial charge in [0.25, 0.3) is 5.91 Å². The monoisotopic (exact) mass is 648 g/mol. The number of hydrogen-bond donors (Lipinski definition) is 2. The highest BCUT2D eigenvalue weighted by atomic mass is 19.4. The van der Waals surface area contributed by atoms with Crippen molar-refractivity contribution in [2.45, 2.75) is 18.6 Å². The van der Waals surface area contributed by atoms with Gasteiger partial charge < -0.3 is 15.8 Å². The molecular weight excluding hydrogens is 618 g/mol. The van der Waals surface area contributed by atoms with Crippen LogP contribution in [0.3, 0.4) is 0 Å². The second kappa shape index (κ2) is 13.9. The number of carbonyl (C=O) groups excluding carboxylic acids is 2. The minimum Gasteiger partial charge on any atom is -0.379 e. The number of nitrogens with one attached hydrogen (secondary N) is 1. The smallest absolute Gasteiger partial charge is 0.379 e. The van der Waals surface area contributed by atoms with Crippen LogP contribution in [0.5, 0.6) is 0 Å². The molecule has 5 rings (SSSR count). The molecule has 2 aliphatic rings. The molecule has 2 atom stereocenters. The van der Waals surface area contributed by atoms with Gasteiger partial charge in [0.15, 0.2) is 0 Å². The van der Waals surface area contributed by atoms with Crippen molar-refractivity contribution in [2.24, 2.45) is 16.8 Å². The zero-order valence-electron chi connectivity index (χ0n) is 24.4. The number of alkyl halides is 3. The quantitative estimate of drug-likeness (QED) is 0.323. The Labute approximate surface area is 260 Å². The minimum atomic E-state index is -4.70. The van der Waals surface area contributed by atoms with Crippen molar-refractivity contribution in [1.82, 2.24) is 20.2 Å². The van der Waals surface area contributed by atoms with Gasteiger partial charge in [-0.05, 0) is 47.9 Å². The van der Waals surface area contributed by atoms with Gasteiger partial charge >= 0.3 is 6.18 Å². The summed E-state index contributed by atoms with van der Waals surface area (Å²) >= 11 is 0. The molecule has 0 spiro atoms. The highest BCUT2D eigenvalue weighted by molar-refractivity contribution is 5.95. The van der Waals surface area contributed by atoms with E-state index in [1.54, 1.807) is 12.1 Å². The van der Waals surface area contributed by atoms with Crippen molar-refractivity contribution >= 4 is 17.5 Å². The molecule has 1 unspecified atom stereocenters. The third-order valence-electron chi connectivity index (χ3n) is 7.67. The lowest BCUT2D eigenvalue weighted by Gasteiger charge is -2.29. The molecule has 0 bridgehead atoms. The third-order valence-corrected chi connectivity index (χ3v) is 7.67. The number of hydrazone groups is 1. The molecule has 1 aromatic heterocycles. The van der Waals surface area contributed by atoms with Crippen molar-refractivity contribution < 1.29 is 40.7 Å². The van der Waals surface area contributed by atoms with Gasteiger partial charge in [-0.2, -0.15) is 18.3 Å². The van der Waals surface area contributed by atoms with Crippen LogP contribution in [0.2, 0.25) is 0 Å². The summed E-state index contributed by atoms with van der Waals surface area (Å²) < 4.78 is 89.4. The van der Waals surface area contributed by atoms with Crippen LogP contribution >= 0.6 is 0 Å². The highest BCUT2D eigenvalue weighted by Crippen LogP contribution is 2.31. The van der Waals surface area contributed by atoms with Crippen LogP contribution in [0, 0.1) is 23.4 Å². The molecule has 2 aromatic carbocycles. The van der Waals surface area contributed by atoms with Crippen LogP contribution < -0.4 is 11.1 Å². The standard InChI is InChI=1S/C31H30F6N6O3/c32-21-10-18(11-22(33)14-21)12-26(28-23(2-1-5-39-28)19-3-4-25(34)24(13-19)30(38)45)40-27(44)17-43-16-20(29(41-43)31(35,36)37)15-42-6-8-46-9-7-42/h1-5,10-11,13-14,20,26H,6-9,12,15-17H2,(H2,38,45)(H,40,44)/t20?,26-/m0/s1. The predicted octanol–water partition coefficient (Wildman–Crippen LogP) is 3.85. The molecule has 3 aromatic rings. The number of hydrogen-bond acceptors (Lipinski definition) is 7. The number of halogens is 6. The fraction of sp³-hybridized carbons (Fsp3) is 0.355. The number of carbonyl (C=O) groups is 2. The lowest BCUT2D eigenvalue weighted by Crippen LogP contribution is -2.44. The van der Waals surface area contributed by atoms with Crippen molar-refractivity contribution in [1.29, 1.82) is 0 Å². The number of primary amides is 1. The fourth-order valence-corrected chi connectivity index (χ4v) is 5.65. The van der Waals surface area contributed by atoms with Crippen LogP contribution in [0.15, 0.2) is 59.8 Å². The van der Waals surface area contributed by atoms with E-state index < -0.39 is 59.7 Å². The van der Waals surface area contributed by atoms with Gasteiger partial charge in [-0.1, -0.05) is 12.1 Å². The van der Waals surface area contributed by atoms with Gasteiger partial charge in [-0.25, -0.2) is 13.2 Å². The van der Waals surface area contributed by atoms with E-state index in [0.29, 0.717) is 43.5 Å². The zero-order valence-corrected chi connectivity index (χ0v) is 24.4. The average molecular weight is 649 g/mol. The molecule has 15 heteroatoms. The van der Waals surface area contributed by atoms with E-state index in [4.69, 9.17) is 10.5 Å². The molecule has 244 valence electrons. The van der Waals surface area contributed by atoms with Crippen molar-refractivity contribution in [3.8, 4) is 11.1 Å². The average Bonchev–Trinajstić information content (AvgIpc) is 3.39. The van der Waals surface area contributed by atoms with Gasteiger partial charge in [0.2, 0.25) is 5.91 Å². The number of pyridine rings is 1. The molecule has 0 saturated carbocycles. The maximum Gasteiger partial charge on any atom is 0.431 e. The van der Waals surface area contributed by atoms with Crippen LogP contribution in [0.4, 0.5) is 26.3 Å². The third kappa shape index (κ3) is 8.01. The van der Waals surface area contributed by atoms with Gasteiger partial charge in [-0.15, -0.1) is 0 Å². The van der Waals surface area contributed by atoms with Crippen LogP contribution in [0.25, 0.3) is 11.1 Å². The van der Waals surface area contributed by atoms with Crippen molar-refractivity contribution in [3.05, 3.63) is 89.0 Å². The maximum absolute atomic E-state index is 14.2. The summed E-state index contributed by atoms with van der Waals surface area (Å²) in [6.07, 6.45) is -3.47. The normalized spacial score (nSPS) is 17.9. The number of nitrogens with two attached hydrogens (primary N) is 1. The topological polar surface area (TPSA) is 113 Å². The number of ether oxygens (including phenoxy) is 1. The number of amides is 2. The second-order valence-electron chi connectivity index (χ2n) is 11.0. The van der Waals surface area contributed by atoms with E-state index in [2.05, 4.69) is 15.4 Å². The zero-order chi connectivity index (χ0) is 33.0. The fourth-order valence-electron chi connectivity index (χ4n) is 5.65. The predicted molar refractivity (Wildman–Crippen MR) is 155 cm³/mol. The van der Waals surface area contributed by atoms with Crippen LogP contribution in [-0.2, 0) is 16.0 Å². The summed E-state index contributed by atoms with van der Waals surface area (Å²) in [5, 5.41) is 7.51. The summed E-state index contributed by atoms with van der Waals surface area (Å²) in [4.78, 5) is 31.4. The maximum atomic E-state index is 14.2. The Kier molecular flexibility index (Phi) is 9.91. The summed E-state index contributed by atoms with van der Waals surface area (Å²) in [7, 11) is 0. The van der Waals surface area contributed by atoms with E-state index in [0.717, 1.165) is 23.2 Å². The molecule has 1 saturated heterocycles. The molecule has 1 fully saturated rings. The Balaban J connectivity index is 1.42. The van der Waals surface area contributed by atoms with E-state index in [1.807, 2.05) is 4.90 Å². The molecule has 0 radical (unpaired) electrons. The summed E-state index contributed by atoms with van der Waals surface area (Å²) in [5.74, 6) is -5.30. The van der Waals surface area contributed by atoms with E-state index in [1.165, 1.54) is 18.3 Å². The van der Waals surface area contributed by atoms with Gasteiger partial charge in [0.1, 0.15) is 29.7 Å². The number of benzene rings is 2. The first-order valence-corrected chi connectivity index (χ1v) is 14.4. The number of aromatic nitrogens is 1. The molecule has 9 nitrogen and oxygen atoms in total. The molecule has 2 aliphatic heterocycles. The van der Waals surface area contributed by atoms with E-state index in [-0.39, 0.29) is 36.3 Å². The van der Waals surface area contributed by atoms with Crippen molar-refractivity contribution in [3.63, 3.8) is 0 Å². The first-order chi connectivity index (χ1) is 21.9. The second-order valence-corrected chi connectivity index (χ2v) is 11.0. The summed E-state index contributed by atoms with van der Waals surface area (Å²) in [5.41, 5.74) is 4.95. The summed E-state index contributed by atoms with van der Waals surface area (Å²) in [6.45, 7) is 1.17. The number of rotatable bonds is 10. The van der Waals surface area contributed by atoms with Crippen LogP contribution in [0.1, 0.15) is 27.7 Å². The number of nitrogens with zero attached hydrogens (tertiary/aromatic N) is 4. The Hall–Kier alpha value is -4.50. The van der Waals surface area contributed by atoms with Crippen LogP contribution in [-0.4, -0.2) is 84.5 Å². The van der Waals surface area contributed by atoms with Crippen molar-refractivity contribution in [2.75, 3.05) is 45.9 Å². The lowest BCUT2D eigenvalue weighted by atomic mass is 9.94. The number of morpholine rings is 1. The first-order valence-electron chi connectivity index (χ1n) is 14.4. The van der Waals surface area contributed by atoms with Gasteiger partial charge in [0.05, 0.1) is 30.5 Å². The Morgan fingerprint density at radius 2 is 1.76 bits per heavy atom.